The topological polar surface area (TPSA) is 123 Å². The van der Waals surface area contributed by atoms with Crippen molar-refractivity contribution in [3.05, 3.63) is 72.1 Å². The van der Waals surface area contributed by atoms with E-state index < -0.39 is 5.91 Å². The number of carbonyl (C=O) groups excluding carboxylic acids is 1. The summed E-state index contributed by atoms with van der Waals surface area (Å²) >= 11 is 0. The first-order valence-corrected chi connectivity index (χ1v) is 8.93. The van der Waals surface area contributed by atoms with Crippen molar-refractivity contribution in [3.8, 4) is 11.3 Å². The lowest BCUT2D eigenvalue weighted by Gasteiger charge is -2.10. The van der Waals surface area contributed by atoms with E-state index in [1.807, 2.05) is 18.3 Å². The van der Waals surface area contributed by atoms with Gasteiger partial charge >= 0.3 is 0 Å². The molecule has 0 unspecified atom stereocenters. The van der Waals surface area contributed by atoms with Crippen LogP contribution in [-0.4, -0.2) is 27.4 Å². The molecule has 4 aromatic rings. The van der Waals surface area contributed by atoms with Gasteiger partial charge in [-0.2, -0.15) is 0 Å². The molecular weight excluding hydrogens is 352 g/mol. The van der Waals surface area contributed by atoms with E-state index in [1.165, 1.54) is 10.9 Å². The van der Waals surface area contributed by atoms with Gasteiger partial charge in [0.25, 0.3) is 0 Å². The summed E-state index contributed by atoms with van der Waals surface area (Å²) in [4.78, 5) is 23.3. The number of benzene rings is 2. The summed E-state index contributed by atoms with van der Waals surface area (Å²) in [5, 5.41) is 4.48. The van der Waals surface area contributed by atoms with Crippen LogP contribution in [0.3, 0.4) is 0 Å². The summed E-state index contributed by atoms with van der Waals surface area (Å²) in [5.74, 6) is 0.419. The standard InChI is InChI=1S/C21H20N6O/c22-19-21(24-10-9-15-11-25-17-4-2-1-3-16(15)17)27-18(12-26-19)13-5-7-14(8-6-13)20(23)28/h1-8,11-12,25H,9-10H2,(H2,22,26)(H2,23,28)(H,24,27). The minimum absolute atomic E-state index is 0.344. The molecule has 0 atom stereocenters. The van der Waals surface area contributed by atoms with Gasteiger partial charge in [0.2, 0.25) is 5.91 Å². The van der Waals surface area contributed by atoms with Gasteiger partial charge in [-0.3, -0.25) is 4.79 Å². The lowest BCUT2D eigenvalue weighted by molar-refractivity contribution is 0.100. The molecule has 4 rings (SSSR count). The second-order valence-corrected chi connectivity index (χ2v) is 6.47. The van der Waals surface area contributed by atoms with Crippen LogP contribution in [0.25, 0.3) is 22.2 Å². The van der Waals surface area contributed by atoms with Gasteiger partial charge in [0.1, 0.15) is 0 Å². The molecule has 1 amide bonds. The lowest BCUT2D eigenvalue weighted by atomic mass is 10.1. The number of nitrogens with two attached hydrogens (primary N) is 2. The third-order valence-corrected chi connectivity index (χ3v) is 4.63. The van der Waals surface area contributed by atoms with E-state index in [0.717, 1.165) is 17.5 Å². The highest BCUT2D eigenvalue weighted by molar-refractivity contribution is 5.93. The highest BCUT2D eigenvalue weighted by Gasteiger charge is 2.09. The molecule has 2 aromatic heterocycles. The Morgan fingerprint density at radius 2 is 1.89 bits per heavy atom. The maximum atomic E-state index is 11.2. The van der Waals surface area contributed by atoms with Crippen LogP contribution in [0.2, 0.25) is 0 Å². The molecule has 28 heavy (non-hydrogen) atoms. The Labute approximate surface area is 161 Å². The number of amides is 1. The van der Waals surface area contributed by atoms with Crippen LogP contribution in [0.5, 0.6) is 0 Å². The van der Waals surface area contributed by atoms with Crippen molar-refractivity contribution in [1.29, 1.82) is 0 Å². The SMILES string of the molecule is NC(=O)c1ccc(-c2cnc(N)c(NCCc3c[nH]c4ccccc34)n2)cc1. The highest BCUT2D eigenvalue weighted by Crippen LogP contribution is 2.22. The summed E-state index contributed by atoms with van der Waals surface area (Å²) in [5.41, 5.74) is 15.6. The average molecular weight is 372 g/mol. The third-order valence-electron chi connectivity index (χ3n) is 4.63. The summed E-state index contributed by atoms with van der Waals surface area (Å²) in [7, 11) is 0. The molecule has 0 saturated heterocycles. The zero-order chi connectivity index (χ0) is 19.5. The number of hydrogen-bond acceptors (Lipinski definition) is 5. The molecule has 0 saturated carbocycles. The minimum Gasteiger partial charge on any atom is -0.381 e. The first kappa shape index (κ1) is 17.5. The van der Waals surface area contributed by atoms with Crippen molar-refractivity contribution < 1.29 is 4.79 Å². The number of fused-ring (bicyclic) bond motifs is 1. The Balaban J connectivity index is 1.48. The van der Waals surface area contributed by atoms with E-state index in [2.05, 4.69) is 32.4 Å². The van der Waals surface area contributed by atoms with Crippen LogP contribution >= 0.6 is 0 Å². The number of rotatable bonds is 6. The monoisotopic (exact) mass is 372 g/mol. The number of primary amides is 1. The molecule has 0 aliphatic carbocycles. The molecule has 0 radical (unpaired) electrons. The number of para-hydroxylation sites is 1. The van der Waals surface area contributed by atoms with Crippen molar-refractivity contribution in [3.63, 3.8) is 0 Å². The van der Waals surface area contributed by atoms with Crippen molar-refractivity contribution in [2.75, 3.05) is 17.6 Å². The fourth-order valence-corrected chi connectivity index (χ4v) is 3.13. The zero-order valence-electron chi connectivity index (χ0n) is 15.1. The highest BCUT2D eigenvalue weighted by atomic mass is 16.1. The lowest BCUT2D eigenvalue weighted by Crippen LogP contribution is -2.11. The van der Waals surface area contributed by atoms with Crippen molar-refractivity contribution in [2.24, 2.45) is 5.73 Å². The van der Waals surface area contributed by atoms with E-state index in [-0.39, 0.29) is 0 Å². The minimum atomic E-state index is -0.463. The fourth-order valence-electron chi connectivity index (χ4n) is 3.13. The number of anilines is 2. The fraction of sp³-hybridized carbons (Fsp3) is 0.0952. The van der Waals surface area contributed by atoms with Crippen LogP contribution in [0.15, 0.2) is 60.9 Å². The molecule has 7 nitrogen and oxygen atoms in total. The number of nitrogens with zero attached hydrogens (tertiary/aromatic N) is 2. The first-order chi connectivity index (χ1) is 13.6. The normalized spacial score (nSPS) is 10.9. The summed E-state index contributed by atoms with van der Waals surface area (Å²) in [6.45, 7) is 0.671. The van der Waals surface area contributed by atoms with Crippen LogP contribution in [0, 0.1) is 0 Å². The van der Waals surface area contributed by atoms with Crippen LogP contribution < -0.4 is 16.8 Å². The van der Waals surface area contributed by atoms with Crippen molar-refractivity contribution in [2.45, 2.75) is 6.42 Å². The molecule has 0 spiro atoms. The molecule has 0 aliphatic heterocycles. The van der Waals surface area contributed by atoms with Gasteiger partial charge in [-0.1, -0.05) is 30.3 Å². The van der Waals surface area contributed by atoms with E-state index in [0.29, 0.717) is 29.4 Å². The summed E-state index contributed by atoms with van der Waals surface area (Å²) in [6.07, 6.45) is 4.46. The van der Waals surface area contributed by atoms with E-state index in [1.54, 1.807) is 30.5 Å². The maximum Gasteiger partial charge on any atom is 0.248 e. The molecular formula is C21H20N6O. The van der Waals surface area contributed by atoms with Crippen molar-refractivity contribution in [1.82, 2.24) is 15.0 Å². The summed E-state index contributed by atoms with van der Waals surface area (Å²) in [6, 6.07) is 15.1. The zero-order valence-corrected chi connectivity index (χ0v) is 15.1. The molecule has 0 fully saturated rings. The Hall–Kier alpha value is -3.87. The molecule has 6 N–H and O–H groups in total. The largest absolute Gasteiger partial charge is 0.381 e. The Morgan fingerprint density at radius 1 is 1.11 bits per heavy atom. The average Bonchev–Trinajstić information content (AvgIpc) is 3.13. The Kier molecular flexibility index (Phi) is 4.63. The van der Waals surface area contributed by atoms with Crippen LogP contribution in [0.4, 0.5) is 11.6 Å². The van der Waals surface area contributed by atoms with Crippen LogP contribution in [0.1, 0.15) is 15.9 Å². The number of aromatic nitrogens is 3. The van der Waals surface area contributed by atoms with Crippen LogP contribution in [-0.2, 0) is 6.42 Å². The van der Waals surface area contributed by atoms with E-state index in [4.69, 9.17) is 11.5 Å². The van der Waals surface area contributed by atoms with E-state index in [9.17, 15) is 4.79 Å². The number of aromatic amines is 1. The first-order valence-electron chi connectivity index (χ1n) is 8.93. The Morgan fingerprint density at radius 3 is 2.68 bits per heavy atom. The number of nitrogens with one attached hydrogen (secondary N) is 2. The Bertz CT molecular complexity index is 1130. The molecule has 0 aliphatic rings. The van der Waals surface area contributed by atoms with Gasteiger partial charge in [0.15, 0.2) is 11.6 Å². The molecule has 7 heteroatoms. The molecule has 2 heterocycles. The second-order valence-electron chi connectivity index (χ2n) is 6.47. The number of H-pyrrole nitrogens is 1. The number of carbonyl (C=O) groups is 1. The molecule has 2 aromatic carbocycles. The van der Waals surface area contributed by atoms with Gasteiger partial charge in [0, 0.05) is 34.8 Å². The van der Waals surface area contributed by atoms with Crippen molar-refractivity contribution >= 4 is 28.4 Å². The van der Waals surface area contributed by atoms with Gasteiger partial charge in [0.05, 0.1) is 11.9 Å². The van der Waals surface area contributed by atoms with Gasteiger partial charge < -0.3 is 21.8 Å². The predicted octanol–water partition coefficient (Wildman–Crippen LogP) is 2.96. The summed E-state index contributed by atoms with van der Waals surface area (Å²) < 4.78 is 0. The second kappa shape index (κ2) is 7.40. The predicted molar refractivity (Wildman–Crippen MR) is 111 cm³/mol. The number of hydrogen-bond donors (Lipinski definition) is 4. The van der Waals surface area contributed by atoms with Gasteiger partial charge in [-0.05, 0) is 30.2 Å². The molecule has 140 valence electrons. The smallest absolute Gasteiger partial charge is 0.248 e. The third kappa shape index (κ3) is 3.50. The number of nitrogen functional groups attached to an aromatic ring is 1. The quantitative estimate of drug-likeness (QED) is 0.414. The van der Waals surface area contributed by atoms with Gasteiger partial charge in [-0.25, -0.2) is 9.97 Å². The van der Waals surface area contributed by atoms with E-state index >= 15 is 0 Å². The van der Waals surface area contributed by atoms with Gasteiger partial charge in [-0.15, -0.1) is 0 Å². The molecule has 0 bridgehead atoms. The maximum absolute atomic E-state index is 11.2.